The molecule has 1 aromatic carbocycles. The van der Waals surface area contributed by atoms with Crippen LogP contribution in [0.25, 0.3) is 0 Å². The van der Waals surface area contributed by atoms with E-state index in [2.05, 4.69) is 41.5 Å². The molecule has 0 unspecified atom stereocenters. The summed E-state index contributed by atoms with van der Waals surface area (Å²) in [6.45, 7) is 4.90. The number of benzene rings is 1. The van der Waals surface area contributed by atoms with Gasteiger partial charge in [-0.25, -0.2) is 4.98 Å². The predicted molar refractivity (Wildman–Crippen MR) is 66.5 cm³/mol. The number of hydrogen-bond acceptors (Lipinski definition) is 2. The van der Waals surface area contributed by atoms with Gasteiger partial charge in [0.2, 0.25) is 5.95 Å². The van der Waals surface area contributed by atoms with Crippen molar-refractivity contribution in [2.75, 3.05) is 5.32 Å². The minimum Gasteiger partial charge on any atom is -0.352 e. The molecule has 2 aromatic rings. The summed E-state index contributed by atoms with van der Waals surface area (Å²) in [6.07, 6.45) is 2.01. The highest BCUT2D eigenvalue weighted by Crippen LogP contribution is 2.09. The Kier molecular flexibility index (Phi) is 2.95. The van der Waals surface area contributed by atoms with Crippen molar-refractivity contribution >= 4 is 5.95 Å². The number of imidazole rings is 1. The third-order valence-electron chi connectivity index (χ3n) is 2.57. The summed E-state index contributed by atoms with van der Waals surface area (Å²) < 4.78 is 2.00. The topological polar surface area (TPSA) is 29.9 Å². The summed E-state index contributed by atoms with van der Waals surface area (Å²) in [5.74, 6) is 0.915. The fraction of sp³-hybridized carbons (Fsp3) is 0.308. The molecule has 16 heavy (non-hydrogen) atoms. The Morgan fingerprint density at radius 3 is 2.44 bits per heavy atom. The Hall–Kier alpha value is -1.77. The molecule has 0 aliphatic rings. The summed E-state index contributed by atoms with van der Waals surface area (Å²) in [5.41, 5.74) is 3.59. The van der Waals surface area contributed by atoms with Crippen LogP contribution in [0.3, 0.4) is 0 Å². The van der Waals surface area contributed by atoms with E-state index >= 15 is 0 Å². The van der Waals surface area contributed by atoms with Crippen LogP contribution in [0.5, 0.6) is 0 Å². The number of anilines is 1. The van der Waals surface area contributed by atoms with Crippen molar-refractivity contribution in [2.24, 2.45) is 7.05 Å². The van der Waals surface area contributed by atoms with E-state index in [0.717, 1.165) is 18.2 Å². The van der Waals surface area contributed by atoms with E-state index in [-0.39, 0.29) is 0 Å². The van der Waals surface area contributed by atoms with E-state index in [4.69, 9.17) is 0 Å². The highest BCUT2D eigenvalue weighted by Gasteiger charge is 2.00. The van der Waals surface area contributed by atoms with Crippen LogP contribution in [0.1, 0.15) is 16.8 Å². The van der Waals surface area contributed by atoms with Gasteiger partial charge >= 0.3 is 0 Å². The van der Waals surface area contributed by atoms with Crippen LogP contribution in [0, 0.1) is 13.8 Å². The van der Waals surface area contributed by atoms with Crippen molar-refractivity contribution in [2.45, 2.75) is 20.4 Å². The molecule has 3 heteroatoms. The molecule has 3 nitrogen and oxygen atoms in total. The average molecular weight is 215 g/mol. The molecule has 2 rings (SSSR count). The second-order valence-corrected chi connectivity index (χ2v) is 4.16. The molecule has 0 aliphatic heterocycles. The van der Waals surface area contributed by atoms with E-state index in [9.17, 15) is 0 Å². The molecule has 1 N–H and O–H groups in total. The van der Waals surface area contributed by atoms with Gasteiger partial charge in [0.05, 0.1) is 5.69 Å². The molecule has 84 valence electrons. The number of aromatic nitrogens is 2. The Balaban J connectivity index is 2.02. The zero-order chi connectivity index (χ0) is 11.5. The zero-order valence-electron chi connectivity index (χ0n) is 9.99. The lowest BCUT2D eigenvalue weighted by Crippen LogP contribution is -2.04. The standard InChI is InChI=1S/C13H17N3/c1-10-4-6-12(7-5-10)8-14-13-15-11(2)9-16(13)3/h4-7,9H,8H2,1-3H3,(H,14,15). The molecule has 0 saturated heterocycles. The summed E-state index contributed by atoms with van der Waals surface area (Å²) in [4.78, 5) is 4.39. The number of nitrogens with zero attached hydrogens (tertiary/aromatic N) is 2. The first-order valence-corrected chi connectivity index (χ1v) is 5.44. The molecular weight excluding hydrogens is 198 g/mol. The van der Waals surface area contributed by atoms with Gasteiger partial charge in [-0.1, -0.05) is 29.8 Å². The zero-order valence-corrected chi connectivity index (χ0v) is 9.99. The Labute approximate surface area is 96.1 Å². The van der Waals surface area contributed by atoms with E-state index in [1.807, 2.05) is 24.7 Å². The molecule has 0 radical (unpaired) electrons. The fourth-order valence-electron chi connectivity index (χ4n) is 1.67. The van der Waals surface area contributed by atoms with E-state index in [1.54, 1.807) is 0 Å². The number of aryl methyl sites for hydroxylation is 3. The highest BCUT2D eigenvalue weighted by atomic mass is 15.2. The molecule has 0 aliphatic carbocycles. The molecule has 1 aromatic heterocycles. The first-order chi connectivity index (χ1) is 7.65. The fourth-order valence-corrected chi connectivity index (χ4v) is 1.67. The first-order valence-electron chi connectivity index (χ1n) is 5.44. The minimum atomic E-state index is 0.810. The lowest BCUT2D eigenvalue weighted by molar-refractivity contribution is 0.900. The molecule has 0 fully saturated rings. The Bertz CT molecular complexity index is 468. The van der Waals surface area contributed by atoms with E-state index in [1.165, 1.54) is 11.1 Å². The van der Waals surface area contributed by atoms with Crippen LogP contribution in [0.2, 0.25) is 0 Å². The van der Waals surface area contributed by atoms with E-state index < -0.39 is 0 Å². The van der Waals surface area contributed by atoms with Gasteiger partial charge in [-0.05, 0) is 19.4 Å². The molecule has 0 saturated carbocycles. The van der Waals surface area contributed by atoms with E-state index in [0.29, 0.717) is 0 Å². The van der Waals surface area contributed by atoms with Gasteiger partial charge < -0.3 is 9.88 Å². The summed E-state index contributed by atoms with van der Waals surface area (Å²) in [5, 5.41) is 3.32. The van der Waals surface area contributed by atoms with Gasteiger partial charge in [0, 0.05) is 19.8 Å². The largest absolute Gasteiger partial charge is 0.352 e. The molecule has 0 spiro atoms. The smallest absolute Gasteiger partial charge is 0.203 e. The monoisotopic (exact) mass is 215 g/mol. The summed E-state index contributed by atoms with van der Waals surface area (Å²) in [7, 11) is 2.00. The molecular formula is C13H17N3. The summed E-state index contributed by atoms with van der Waals surface area (Å²) in [6, 6.07) is 8.53. The van der Waals surface area contributed by atoms with Crippen molar-refractivity contribution in [1.82, 2.24) is 9.55 Å². The third-order valence-corrected chi connectivity index (χ3v) is 2.57. The normalized spacial score (nSPS) is 10.4. The van der Waals surface area contributed by atoms with Crippen molar-refractivity contribution in [3.05, 3.63) is 47.3 Å². The van der Waals surface area contributed by atoms with Crippen LogP contribution in [-0.2, 0) is 13.6 Å². The second kappa shape index (κ2) is 4.39. The van der Waals surface area contributed by atoms with Crippen molar-refractivity contribution in [1.29, 1.82) is 0 Å². The van der Waals surface area contributed by atoms with Crippen molar-refractivity contribution < 1.29 is 0 Å². The molecule has 0 amide bonds. The van der Waals surface area contributed by atoms with Crippen molar-refractivity contribution in [3.8, 4) is 0 Å². The first kappa shape index (κ1) is 10.7. The maximum atomic E-state index is 4.39. The van der Waals surface area contributed by atoms with Crippen LogP contribution < -0.4 is 5.32 Å². The van der Waals surface area contributed by atoms with Gasteiger partial charge in [-0.15, -0.1) is 0 Å². The van der Waals surface area contributed by atoms with Crippen LogP contribution in [0.4, 0.5) is 5.95 Å². The second-order valence-electron chi connectivity index (χ2n) is 4.16. The van der Waals surface area contributed by atoms with Gasteiger partial charge in [-0.3, -0.25) is 0 Å². The number of nitrogens with one attached hydrogen (secondary N) is 1. The highest BCUT2D eigenvalue weighted by molar-refractivity contribution is 5.31. The quantitative estimate of drug-likeness (QED) is 0.853. The van der Waals surface area contributed by atoms with Crippen LogP contribution in [-0.4, -0.2) is 9.55 Å². The van der Waals surface area contributed by atoms with Crippen molar-refractivity contribution in [3.63, 3.8) is 0 Å². The average Bonchev–Trinajstić information content (AvgIpc) is 2.57. The maximum absolute atomic E-state index is 4.39. The van der Waals surface area contributed by atoms with Gasteiger partial charge in [-0.2, -0.15) is 0 Å². The Morgan fingerprint density at radius 2 is 1.88 bits per heavy atom. The van der Waals surface area contributed by atoms with Crippen LogP contribution >= 0.6 is 0 Å². The van der Waals surface area contributed by atoms with Gasteiger partial charge in [0.15, 0.2) is 0 Å². The lowest BCUT2D eigenvalue weighted by Gasteiger charge is -2.06. The molecule has 0 bridgehead atoms. The third kappa shape index (κ3) is 2.42. The number of rotatable bonds is 3. The SMILES string of the molecule is Cc1ccc(CNc2nc(C)cn2C)cc1. The Morgan fingerprint density at radius 1 is 1.19 bits per heavy atom. The summed E-state index contributed by atoms with van der Waals surface area (Å²) >= 11 is 0. The van der Waals surface area contributed by atoms with Crippen LogP contribution in [0.15, 0.2) is 30.5 Å². The predicted octanol–water partition coefficient (Wildman–Crippen LogP) is 2.65. The minimum absolute atomic E-state index is 0.810. The van der Waals surface area contributed by atoms with Gasteiger partial charge in [0.25, 0.3) is 0 Å². The van der Waals surface area contributed by atoms with Gasteiger partial charge in [0.1, 0.15) is 0 Å². The maximum Gasteiger partial charge on any atom is 0.203 e. The number of hydrogen-bond donors (Lipinski definition) is 1. The molecule has 0 atom stereocenters. The molecule has 1 heterocycles. The lowest BCUT2D eigenvalue weighted by atomic mass is 10.1.